The van der Waals surface area contributed by atoms with Crippen molar-refractivity contribution < 1.29 is 29.0 Å². The van der Waals surface area contributed by atoms with E-state index in [1.807, 2.05) is 17.9 Å². The van der Waals surface area contributed by atoms with Crippen LogP contribution in [0.25, 0.3) is 0 Å². The Kier molecular flexibility index (Phi) is 10.7. The molecule has 4 fully saturated rings. The molecule has 3 heterocycles. The lowest BCUT2D eigenvalue weighted by Crippen LogP contribution is -2.58. The van der Waals surface area contributed by atoms with Crippen LogP contribution in [0.2, 0.25) is 0 Å². The highest BCUT2D eigenvalue weighted by molar-refractivity contribution is 5.98. The summed E-state index contributed by atoms with van der Waals surface area (Å²) < 4.78 is 12.6. The average Bonchev–Trinajstić information content (AvgIpc) is 3.48. The molecule has 1 N–H and O–H groups in total. The fourth-order valence-corrected chi connectivity index (χ4v) is 8.13. The van der Waals surface area contributed by atoms with Crippen LogP contribution in [-0.4, -0.2) is 82.3 Å². The molecule has 8 nitrogen and oxygen atoms in total. The zero-order chi connectivity index (χ0) is 29.6. The Hall–Kier alpha value is -2.19. The van der Waals surface area contributed by atoms with E-state index >= 15 is 0 Å². The first-order valence-electron chi connectivity index (χ1n) is 16.1. The molecule has 0 aromatic carbocycles. The molecule has 8 heteroatoms. The van der Waals surface area contributed by atoms with E-state index < -0.39 is 29.1 Å². The smallest absolute Gasteiger partial charge is 0.312 e. The van der Waals surface area contributed by atoms with Crippen LogP contribution in [0.4, 0.5) is 0 Å². The summed E-state index contributed by atoms with van der Waals surface area (Å²) in [7, 11) is 0. The minimum absolute atomic E-state index is 0.00722. The summed E-state index contributed by atoms with van der Waals surface area (Å²) in [5, 5.41) is 9.20. The van der Waals surface area contributed by atoms with E-state index in [1.54, 1.807) is 11.0 Å². The molecule has 4 rings (SSSR count). The number of nitrogens with zero attached hydrogens (tertiary/aromatic N) is 2. The maximum Gasteiger partial charge on any atom is 0.312 e. The van der Waals surface area contributed by atoms with Gasteiger partial charge in [0.2, 0.25) is 11.8 Å². The van der Waals surface area contributed by atoms with E-state index in [0.717, 1.165) is 70.6 Å². The summed E-state index contributed by atoms with van der Waals surface area (Å²) in [6.07, 6.45) is 15.1. The molecule has 0 aromatic rings. The quantitative estimate of drug-likeness (QED) is 0.162. The molecule has 1 aliphatic carbocycles. The van der Waals surface area contributed by atoms with Gasteiger partial charge in [-0.25, -0.2) is 0 Å². The number of carbonyl (C=O) groups excluding carboxylic acids is 3. The van der Waals surface area contributed by atoms with Gasteiger partial charge in [0.05, 0.1) is 18.1 Å². The number of hydrogen-bond donors (Lipinski definition) is 1. The van der Waals surface area contributed by atoms with E-state index in [9.17, 15) is 19.5 Å². The third kappa shape index (κ3) is 6.01. The van der Waals surface area contributed by atoms with Gasteiger partial charge in [0, 0.05) is 25.7 Å². The molecular weight excluding hydrogens is 520 g/mol. The van der Waals surface area contributed by atoms with Crippen LogP contribution in [0.15, 0.2) is 25.3 Å². The average molecular weight is 573 g/mol. The third-order valence-corrected chi connectivity index (χ3v) is 10.3. The molecule has 6 atom stereocenters. The lowest BCUT2D eigenvalue weighted by molar-refractivity contribution is -0.162. The summed E-state index contributed by atoms with van der Waals surface area (Å²) in [4.78, 5) is 46.4. The van der Waals surface area contributed by atoms with Gasteiger partial charge in [-0.3, -0.25) is 14.4 Å². The van der Waals surface area contributed by atoms with Crippen molar-refractivity contribution >= 4 is 17.8 Å². The first kappa shape index (κ1) is 31.7. The molecule has 0 aromatic heterocycles. The minimum Gasteiger partial charge on any atom is -0.465 e. The maximum atomic E-state index is 14.7. The Balaban J connectivity index is 1.65. The second-order valence-electron chi connectivity index (χ2n) is 12.9. The topological polar surface area (TPSA) is 96.4 Å². The number of allylic oxidation sites excluding steroid dienone is 1. The molecule has 0 radical (unpaired) electrons. The summed E-state index contributed by atoms with van der Waals surface area (Å²) in [6.45, 7) is 13.0. The van der Waals surface area contributed by atoms with E-state index in [4.69, 9.17) is 9.47 Å². The third-order valence-electron chi connectivity index (χ3n) is 10.3. The molecule has 1 saturated carbocycles. The van der Waals surface area contributed by atoms with Crippen molar-refractivity contribution in [1.82, 2.24) is 9.80 Å². The van der Waals surface area contributed by atoms with Crippen molar-refractivity contribution in [3.8, 4) is 0 Å². The van der Waals surface area contributed by atoms with Crippen LogP contribution < -0.4 is 0 Å². The van der Waals surface area contributed by atoms with Crippen LogP contribution in [0.3, 0.4) is 0 Å². The number of aliphatic hydroxyl groups is 1. The minimum atomic E-state index is -1.05. The standard InChI is InChI=1S/C33H52N2O6/c1-5-7-8-16-22-40-31(39)27-26-29(37)35(20-14-9-10-15-21-36)28(33(26)23-24(3)32(27,4)41-33)30(38)34(19-6-2)25-17-12-11-13-18-25/h5-6,24-28,36H,1-2,7-23H2,3-4H3/t24?,26-,27+,28?,32-,33?/m0/s1. The van der Waals surface area contributed by atoms with Gasteiger partial charge in [-0.15, -0.1) is 13.2 Å². The van der Waals surface area contributed by atoms with Crippen molar-refractivity contribution in [2.24, 2.45) is 17.8 Å². The predicted octanol–water partition coefficient (Wildman–Crippen LogP) is 4.80. The molecule has 230 valence electrons. The fraction of sp³-hybridized carbons (Fsp3) is 0.788. The summed E-state index contributed by atoms with van der Waals surface area (Å²) in [6, 6.07) is -0.650. The van der Waals surface area contributed by atoms with E-state index in [1.165, 1.54) is 6.42 Å². The number of amides is 2. The zero-order valence-electron chi connectivity index (χ0n) is 25.4. The Morgan fingerprint density at radius 2 is 1.83 bits per heavy atom. The highest BCUT2D eigenvalue weighted by Gasteiger charge is 2.80. The number of rotatable bonds is 16. The van der Waals surface area contributed by atoms with Crippen LogP contribution in [0.5, 0.6) is 0 Å². The summed E-state index contributed by atoms with van der Waals surface area (Å²) in [5.74, 6) is -2.09. The Bertz CT molecular complexity index is 963. The van der Waals surface area contributed by atoms with Crippen LogP contribution in [0.1, 0.15) is 97.3 Å². The number of unbranched alkanes of at least 4 members (excludes halogenated alkanes) is 5. The number of likely N-dealkylation sites (tertiary alicyclic amines) is 1. The van der Waals surface area contributed by atoms with Crippen LogP contribution in [0, 0.1) is 17.8 Å². The first-order chi connectivity index (χ1) is 19.8. The van der Waals surface area contributed by atoms with Gasteiger partial charge in [0.15, 0.2) is 0 Å². The van der Waals surface area contributed by atoms with E-state index in [-0.39, 0.29) is 36.4 Å². The van der Waals surface area contributed by atoms with Crippen molar-refractivity contribution in [3.63, 3.8) is 0 Å². The van der Waals surface area contributed by atoms with Gasteiger partial charge in [-0.1, -0.05) is 51.2 Å². The normalized spacial score (nSPS) is 32.7. The molecule has 3 unspecified atom stereocenters. The predicted molar refractivity (Wildman–Crippen MR) is 158 cm³/mol. The number of ether oxygens (including phenoxy) is 2. The number of esters is 1. The lowest BCUT2D eigenvalue weighted by Gasteiger charge is -2.41. The highest BCUT2D eigenvalue weighted by Crippen LogP contribution is 2.65. The van der Waals surface area contributed by atoms with Gasteiger partial charge in [-0.2, -0.15) is 0 Å². The summed E-state index contributed by atoms with van der Waals surface area (Å²) in [5.41, 5.74) is -1.91. The maximum absolute atomic E-state index is 14.7. The number of aliphatic hydroxyl groups excluding tert-OH is 1. The molecular formula is C33H52N2O6. The monoisotopic (exact) mass is 572 g/mol. The zero-order valence-corrected chi connectivity index (χ0v) is 25.4. The molecule has 2 amide bonds. The molecule has 3 aliphatic heterocycles. The van der Waals surface area contributed by atoms with Gasteiger partial charge in [0.25, 0.3) is 0 Å². The lowest BCUT2D eigenvalue weighted by atomic mass is 9.62. The van der Waals surface area contributed by atoms with Crippen molar-refractivity contribution in [3.05, 3.63) is 25.3 Å². The molecule has 1 spiro atoms. The second-order valence-corrected chi connectivity index (χ2v) is 12.9. The Morgan fingerprint density at radius 1 is 1.10 bits per heavy atom. The van der Waals surface area contributed by atoms with E-state index in [0.29, 0.717) is 26.1 Å². The van der Waals surface area contributed by atoms with Crippen molar-refractivity contribution in [2.75, 3.05) is 26.3 Å². The second kappa shape index (κ2) is 13.9. The van der Waals surface area contributed by atoms with E-state index in [2.05, 4.69) is 20.1 Å². The van der Waals surface area contributed by atoms with Crippen molar-refractivity contribution in [1.29, 1.82) is 0 Å². The molecule has 4 aliphatic rings. The van der Waals surface area contributed by atoms with Gasteiger partial charge < -0.3 is 24.4 Å². The van der Waals surface area contributed by atoms with Crippen molar-refractivity contribution in [2.45, 2.75) is 121 Å². The van der Waals surface area contributed by atoms with Gasteiger partial charge in [0.1, 0.15) is 17.6 Å². The Morgan fingerprint density at radius 3 is 2.51 bits per heavy atom. The Labute approximate surface area is 246 Å². The largest absolute Gasteiger partial charge is 0.465 e. The van der Waals surface area contributed by atoms with Crippen LogP contribution >= 0.6 is 0 Å². The molecule has 3 saturated heterocycles. The van der Waals surface area contributed by atoms with Gasteiger partial charge in [-0.05, 0) is 64.2 Å². The SMILES string of the molecule is C=CCCCCOC(=O)[C@H]1[C@H]2C(=O)N(CCCCCCO)C(C(=O)N(CC=C)C3CCCCC3)C23CC(C)[C@]1(C)O3. The number of hydrogen-bond acceptors (Lipinski definition) is 6. The number of fused-ring (bicyclic) bond motifs is 1. The molecule has 2 bridgehead atoms. The van der Waals surface area contributed by atoms with Gasteiger partial charge >= 0.3 is 5.97 Å². The first-order valence-corrected chi connectivity index (χ1v) is 16.1. The molecule has 41 heavy (non-hydrogen) atoms. The fourth-order valence-electron chi connectivity index (χ4n) is 8.13. The number of carbonyl (C=O) groups is 3. The summed E-state index contributed by atoms with van der Waals surface area (Å²) >= 11 is 0. The van der Waals surface area contributed by atoms with Crippen LogP contribution in [-0.2, 0) is 23.9 Å². The highest BCUT2D eigenvalue weighted by atomic mass is 16.6.